The second-order valence-corrected chi connectivity index (χ2v) is 7.98. The fourth-order valence-electron chi connectivity index (χ4n) is 2.59. The first kappa shape index (κ1) is 19.2. The van der Waals surface area contributed by atoms with Gasteiger partial charge >= 0.3 is 0 Å². The van der Waals surface area contributed by atoms with Gasteiger partial charge in [-0.15, -0.1) is 0 Å². The number of hydrogen-bond acceptors (Lipinski definition) is 3. The standard InChI is InChI=1S/C18H23N3O2S2/c1-5-19-18(24)20-15-6-8-16(9-7-15)25(22,23)21-17-13(3)10-12(2)11-14(17)4/h6-11,21H,5H2,1-4H3,(H2,19,20,24). The van der Waals surface area contributed by atoms with Crippen LogP contribution in [0, 0.1) is 20.8 Å². The predicted octanol–water partition coefficient (Wildman–Crippen LogP) is 3.72. The van der Waals surface area contributed by atoms with Gasteiger partial charge in [0.05, 0.1) is 10.6 Å². The molecule has 134 valence electrons. The Morgan fingerprint density at radius 1 is 1.04 bits per heavy atom. The topological polar surface area (TPSA) is 70.2 Å². The molecule has 25 heavy (non-hydrogen) atoms. The molecule has 0 aliphatic rings. The quantitative estimate of drug-likeness (QED) is 0.693. The second-order valence-electron chi connectivity index (χ2n) is 5.89. The van der Waals surface area contributed by atoms with E-state index < -0.39 is 10.0 Å². The van der Waals surface area contributed by atoms with E-state index in [2.05, 4.69) is 15.4 Å². The molecule has 0 fully saturated rings. The number of rotatable bonds is 5. The van der Waals surface area contributed by atoms with Gasteiger partial charge < -0.3 is 10.6 Å². The summed E-state index contributed by atoms with van der Waals surface area (Å²) >= 11 is 5.11. The summed E-state index contributed by atoms with van der Waals surface area (Å²) < 4.78 is 28.0. The SMILES string of the molecule is CCNC(=S)Nc1ccc(S(=O)(=O)Nc2c(C)cc(C)cc2C)cc1. The van der Waals surface area contributed by atoms with Crippen molar-refractivity contribution in [2.45, 2.75) is 32.6 Å². The summed E-state index contributed by atoms with van der Waals surface area (Å²) in [6, 6.07) is 10.4. The van der Waals surface area contributed by atoms with E-state index in [1.807, 2.05) is 39.8 Å². The lowest BCUT2D eigenvalue weighted by Crippen LogP contribution is -2.27. The van der Waals surface area contributed by atoms with Crippen LogP contribution in [0.25, 0.3) is 0 Å². The smallest absolute Gasteiger partial charge is 0.261 e. The molecule has 5 nitrogen and oxygen atoms in total. The Balaban J connectivity index is 2.21. The lowest BCUT2D eigenvalue weighted by Gasteiger charge is -2.15. The van der Waals surface area contributed by atoms with Crippen LogP contribution in [0.1, 0.15) is 23.6 Å². The van der Waals surface area contributed by atoms with Crippen LogP contribution in [0.15, 0.2) is 41.3 Å². The van der Waals surface area contributed by atoms with E-state index in [4.69, 9.17) is 12.2 Å². The van der Waals surface area contributed by atoms with Gasteiger partial charge in [0.25, 0.3) is 10.0 Å². The summed E-state index contributed by atoms with van der Waals surface area (Å²) in [4.78, 5) is 0.201. The first-order chi connectivity index (χ1) is 11.7. The van der Waals surface area contributed by atoms with Gasteiger partial charge in [-0.1, -0.05) is 17.7 Å². The highest BCUT2D eigenvalue weighted by molar-refractivity contribution is 7.92. The summed E-state index contributed by atoms with van der Waals surface area (Å²) in [6.45, 7) is 8.45. The molecule has 0 aromatic heterocycles. The summed E-state index contributed by atoms with van der Waals surface area (Å²) in [5.74, 6) is 0. The molecule has 3 N–H and O–H groups in total. The minimum Gasteiger partial charge on any atom is -0.363 e. The van der Waals surface area contributed by atoms with Gasteiger partial charge in [-0.2, -0.15) is 0 Å². The minimum absolute atomic E-state index is 0.201. The fraction of sp³-hybridized carbons (Fsp3) is 0.278. The van der Waals surface area contributed by atoms with Gasteiger partial charge in [-0.3, -0.25) is 4.72 Å². The van der Waals surface area contributed by atoms with Gasteiger partial charge in [-0.25, -0.2) is 8.42 Å². The lowest BCUT2D eigenvalue weighted by atomic mass is 10.1. The molecule has 2 aromatic rings. The Kier molecular flexibility index (Phi) is 6.02. The molecular weight excluding hydrogens is 354 g/mol. The molecule has 0 atom stereocenters. The second kappa shape index (κ2) is 7.84. The highest BCUT2D eigenvalue weighted by atomic mass is 32.2. The number of anilines is 2. The van der Waals surface area contributed by atoms with E-state index in [0.29, 0.717) is 10.8 Å². The largest absolute Gasteiger partial charge is 0.363 e. The molecule has 7 heteroatoms. The summed E-state index contributed by atoms with van der Waals surface area (Å²) in [7, 11) is -3.65. The van der Waals surface area contributed by atoms with Crippen molar-refractivity contribution in [3.63, 3.8) is 0 Å². The molecule has 0 aliphatic carbocycles. The van der Waals surface area contributed by atoms with Crippen molar-refractivity contribution in [2.24, 2.45) is 0 Å². The third kappa shape index (κ3) is 4.93. The highest BCUT2D eigenvalue weighted by Gasteiger charge is 2.16. The van der Waals surface area contributed by atoms with Crippen molar-refractivity contribution in [2.75, 3.05) is 16.6 Å². The van der Waals surface area contributed by atoms with Crippen molar-refractivity contribution in [3.05, 3.63) is 53.1 Å². The van der Waals surface area contributed by atoms with E-state index in [9.17, 15) is 8.42 Å². The van der Waals surface area contributed by atoms with Gasteiger partial charge in [0.2, 0.25) is 0 Å². The molecule has 0 radical (unpaired) electrons. The van der Waals surface area contributed by atoms with Gasteiger partial charge in [0.15, 0.2) is 5.11 Å². The summed E-state index contributed by atoms with van der Waals surface area (Å²) in [6.07, 6.45) is 0. The Morgan fingerprint density at radius 3 is 2.12 bits per heavy atom. The van der Waals surface area contributed by atoms with Crippen molar-refractivity contribution >= 4 is 38.7 Å². The molecule has 2 aromatic carbocycles. The molecule has 2 rings (SSSR count). The van der Waals surface area contributed by atoms with Crippen molar-refractivity contribution in [1.82, 2.24) is 5.32 Å². The fourth-order valence-corrected chi connectivity index (χ4v) is 4.05. The third-order valence-electron chi connectivity index (χ3n) is 3.67. The number of benzene rings is 2. The predicted molar refractivity (Wildman–Crippen MR) is 108 cm³/mol. The number of sulfonamides is 1. The zero-order valence-electron chi connectivity index (χ0n) is 14.8. The van der Waals surface area contributed by atoms with Crippen LogP contribution in [-0.4, -0.2) is 20.1 Å². The molecule has 0 amide bonds. The summed E-state index contributed by atoms with van der Waals surface area (Å²) in [5, 5.41) is 6.48. The maximum atomic E-state index is 12.7. The first-order valence-corrected chi connectivity index (χ1v) is 9.87. The zero-order valence-corrected chi connectivity index (χ0v) is 16.4. The number of thiocarbonyl (C=S) groups is 1. The Hall–Kier alpha value is -2.12. The molecule has 0 saturated heterocycles. The zero-order chi connectivity index (χ0) is 18.6. The molecule has 0 spiro atoms. The van der Waals surface area contributed by atoms with Gasteiger partial charge in [0.1, 0.15) is 0 Å². The molecule has 0 unspecified atom stereocenters. The van der Waals surface area contributed by atoms with E-state index >= 15 is 0 Å². The van der Waals surface area contributed by atoms with Crippen LogP contribution in [-0.2, 0) is 10.0 Å². The van der Waals surface area contributed by atoms with Crippen molar-refractivity contribution in [1.29, 1.82) is 0 Å². The number of nitrogens with one attached hydrogen (secondary N) is 3. The average Bonchev–Trinajstić information content (AvgIpc) is 2.51. The van der Waals surface area contributed by atoms with Gasteiger partial charge in [0, 0.05) is 12.2 Å². The van der Waals surface area contributed by atoms with E-state index in [-0.39, 0.29) is 4.90 Å². The Bertz CT molecular complexity index is 853. The number of aryl methyl sites for hydroxylation is 3. The van der Waals surface area contributed by atoms with Crippen LogP contribution >= 0.6 is 12.2 Å². The first-order valence-electron chi connectivity index (χ1n) is 7.98. The van der Waals surface area contributed by atoms with Crippen LogP contribution < -0.4 is 15.4 Å². The van der Waals surface area contributed by atoms with Crippen molar-refractivity contribution in [3.8, 4) is 0 Å². The van der Waals surface area contributed by atoms with E-state index in [1.54, 1.807) is 24.3 Å². The van der Waals surface area contributed by atoms with Crippen LogP contribution in [0.3, 0.4) is 0 Å². The number of hydrogen-bond donors (Lipinski definition) is 3. The third-order valence-corrected chi connectivity index (χ3v) is 5.29. The molecule has 0 saturated carbocycles. The molecule has 0 aliphatic heterocycles. The Morgan fingerprint density at radius 2 is 1.60 bits per heavy atom. The Labute approximate surface area is 154 Å². The van der Waals surface area contributed by atoms with E-state index in [0.717, 1.165) is 28.9 Å². The van der Waals surface area contributed by atoms with Crippen LogP contribution in [0.4, 0.5) is 11.4 Å². The average molecular weight is 378 g/mol. The summed E-state index contributed by atoms with van der Waals surface area (Å²) in [5.41, 5.74) is 4.25. The lowest BCUT2D eigenvalue weighted by molar-refractivity contribution is 0.601. The molecule has 0 heterocycles. The maximum absolute atomic E-state index is 12.7. The minimum atomic E-state index is -3.65. The highest BCUT2D eigenvalue weighted by Crippen LogP contribution is 2.25. The van der Waals surface area contributed by atoms with Gasteiger partial charge in [-0.05, 0) is 75.3 Å². The van der Waals surface area contributed by atoms with Crippen LogP contribution in [0.2, 0.25) is 0 Å². The van der Waals surface area contributed by atoms with Crippen molar-refractivity contribution < 1.29 is 8.42 Å². The monoisotopic (exact) mass is 377 g/mol. The van der Waals surface area contributed by atoms with Crippen LogP contribution in [0.5, 0.6) is 0 Å². The van der Waals surface area contributed by atoms with E-state index in [1.165, 1.54) is 0 Å². The molecular formula is C18H23N3O2S2. The molecule has 0 bridgehead atoms. The normalized spacial score (nSPS) is 11.0. The maximum Gasteiger partial charge on any atom is 0.261 e.